The van der Waals surface area contributed by atoms with E-state index in [1.54, 1.807) is 73.8 Å². The Bertz CT molecular complexity index is 1120. The van der Waals surface area contributed by atoms with Crippen LogP contribution in [0.4, 0.5) is 0 Å². The zero-order valence-corrected chi connectivity index (χ0v) is 15.8. The molecule has 3 aromatic rings. The van der Waals surface area contributed by atoms with E-state index in [0.29, 0.717) is 28.0 Å². The van der Waals surface area contributed by atoms with Gasteiger partial charge < -0.3 is 9.84 Å². The first-order chi connectivity index (χ1) is 14.1. The second-order valence-electron chi connectivity index (χ2n) is 6.74. The third kappa shape index (κ3) is 3.62. The van der Waals surface area contributed by atoms with Crippen LogP contribution in [0.1, 0.15) is 27.0 Å². The summed E-state index contributed by atoms with van der Waals surface area (Å²) < 4.78 is 5.16. The fourth-order valence-corrected chi connectivity index (χ4v) is 3.38. The second kappa shape index (κ2) is 7.64. The Morgan fingerprint density at radius 3 is 2.31 bits per heavy atom. The first-order valence-electron chi connectivity index (χ1n) is 9.16. The normalized spacial score (nSPS) is 14.8. The maximum Gasteiger partial charge on any atom is 0.261 e. The lowest BCUT2D eigenvalue weighted by Crippen LogP contribution is -2.41. The second-order valence-corrected chi connectivity index (χ2v) is 6.74. The molecule has 0 saturated heterocycles. The summed E-state index contributed by atoms with van der Waals surface area (Å²) in [5, 5.41) is 9.75. The number of amides is 2. The molecule has 1 N–H and O–H groups in total. The van der Waals surface area contributed by atoms with Crippen molar-refractivity contribution in [3.8, 4) is 11.5 Å². The van der Waals surface area contributed by atoms with E-state index in [1.807, 2.05) is 12.1 Å². The number of aromatic hydroxyl groups is 1. The molecule has 0 fully saturated rings. The number of imide groups is 1. The van der Waals surface area contributed by atoms with Crippen molar-refractivity contribution in [1.82, 2.24) is 4.90 Å². The van der Waals surface area contributed by atoms with Gasteiger partial charge in [0.05, 0.1) is 13.7 Å². The minimum Gasteiger partial charge on any atom is -0.508 e. The van der Waals surface area contributed by atoms with E-state index in [1.165, 1.54) is 4.90 Å². The number of ether oxygens (including phenoxy) is 1. The molecule has 144 valence electrons. The van der Waals surface area contributed by atoms with Crippen LogP contribution in [-0.4, -0.2) is 28.9 Å². The van der Waals surface area contributed by atoms with Gasteiger partial charge in [0, 0.05) is 11.1 Å². The van der Waals surface area contributed by atoms with Crippen LogP contribution in [0.3, 0.4) is 0 Å². The summed E-state index contributed by atoms with van der Waals surface area (Å²) in [6.45, 7) is 0.160. The average Bonchev–Trinajstić information content (AvgIpc) is 2.75. The molecule has 0 unspecified atom stereocenters. The van der Waals surface area contributed by atoms with E-state index in [0.717, 1.165) is 5.56 Å². The molecule has 0 radical (unpaired) electrons. The highest BCUT2D eigenvalue weighted by molar-refractivity contribution is 6.33. The SMILES string of the molecule is COc1ccc(CN2C(=O)C(=Cc3cccc(O)c3)c3ccccc3C2=O)cc1. The minimum absolute atomic E-state index is 0.113. The van der Waals surface area contributed by atoms with E-state index in [2.05, 4.69) is 0 Å². The highest BCUT2D eigenvalue weighted by atomic mass is 16.5. The van der Waals surface area contributed by atoms with Crippen LogP contribution >= 0.6 is 0 Å². The van der Waals surface area contributed by atoms with Crippen molar-refractivity contribution in [2.45, 2.75) is 6.54 Å². The van der Waals surface area contributed by atoms with Gasteiger partial charge in [-0.1, -0.05) is 42.5 Å². The van der Waals surface area contributed by atoms with Crippen molar-refractivity contribution in [2.75, 3.05) is 7.11 Å². The van der Waals surface area contributed by atoms with Gasteiger partial charge >= 0.3 is 0 Å². The highest BCUT2D eigenvalue weighted by Gasteiger charge is 2.34. The summed E-state index contributed by atoms with van der Waals surface area (Å²) in [5.41, 5.74) is 2.99. The Labute approximate surface area is 168 Å². The average molecular weight is 385 g/mol. The van der Waals surface area contributed by atoms with Crippen molar-refractivity contribution in [1.29, 1.82) is 0 Å². The number of fused-ring (bicyclic) bond motifs is 1. The number of phenolic OH excluding ortho intramolecular Hbond substituents is 1. The molecule has 0 spiro atoms. The Balaban J connectivity index is 1.76. The monoisotopic (exact) mass is 385 g/mol. The predicted octanol–water partition coefficient (Wildman–Crippen LogP) is 4.12. The molecule has 0 atom stereocenters. The van der Waals surface area contributed by atoms with Crippen molar-refractivity contribution in [2.24, 2.45) is 0 Å². The molecule has 1 aliphatic heterocycles. The van der Waals surface area contributed by atoms with Crippen LogP contribution < -0.4 is 4.74 Å². The minimum atomic E-state index is -0.368. The van der Waals surface area contributed by atoms with Crippen LogP contribution in [0.2, 0.25) is 0 Å². The largest absolute Gasteiger partial charge is 0.508 e. The molecule has 4 rings (SSSR count). The molecular weight excluding hydrogens is 366 g/mol. The van der Waals surface area contributed by atoms with Gasteiger partial charge in [0.2, 0.25) is 0 Å². The molecular formula is C24H19NO4. The Kier molecular flexibility index (Phi) is 4.87. The smallest absolute Gasteiger partial charge is 0.261 e. The van der Waals surface area contributed by atoms with Crippen LogP contribution in [0.25, 0.3) is 11.6 Å². The molecule has 5 nitrogen and oxygen atoms in total. The number of nitrogens with zero attached hydrogens (tertiary/aromatic N) is 1. The molecule has 0 saturated carbocycles. The number of hydrogen-bond acceptors (Lipinski definition) is 4. The number of methoxy groups -OCH3 is 1. The summed E-state index contributed by atoms with van der Waals surface area (Å²) in [6.07, 6.45) is 1.70. The van der Waals surface area contributed by atoms with Crippen LogP contribution in [0.5, 0.6) is 11.5 Å². The van der Waals surface area contributed by atoms with Crippen LogP contribution in [-0.2, 0) is 11.3 Å². The Morgan fingerprint density at radius 1 is 0.897 bits per heavy atom. The first kappa shape index (κ1) is 18.5. The van der Waals surface area contributed by atoms with E-state index >= 15 is 0 Å². The molecule has 5 heteroatoms. The summed E-state index contributed by atoms with van der Waals surface area (Å²) in [5.74, 6) is 0.129. The third-order valence-corrected chi connectivity index (χ3v) is 4.85. The summed E-state index contributed by atoms with van der Waals surface area (Å²) >= 11 is 0. The maximum atomic E-state index is 13.3. The van der Waals surface area contributed by atoms with Gasteiger partial charge in [0.25, 0.3) is 11.8 Å². The molecule has 2 amide bonds. The Hall–Kier alpha value is -3.86. The first-order valence-corrected chi connectivity index (χ1v) is 9.16. The molecule has 0 bridgehead atoms. The number of rotatable bonds is 4. The zero-order chi connectivity index (χ0) is 20.4. The lowest BCUT2D eigenvalue weighted by molar-refractivity contribution is -0.123. The number of benzene rings is 3. The zero-order valence-electron chi connectivity index (χ0n) is 15.8. The lowest BCUT2D eigenvalue weighted by Gasteiger charge is -2.28. The topological polar surface area (TPSA) is 66.8 Å². The van der Waals surface area contributed by atoms with E-state index in [-0.39, 0.29) is 24.1 Å². The van der Waals surface area contributed by atoms with Gasteiger partial charge in [-0.25, -0.2) is 0 Å². The summed E-state index contributed by atoms with van der Waals surface area (Å²) in [6, 6.07) is 21.0. The van der Waals surface area contributed by atoms with Gasteiger partial charge in [-0.2, -0.15) is 0 Å². The molecule has 29 heavy (non-hydrogen) atoms. The van der Waals surface area contributed by atoms with Crippen LogP contribution in [0, 0.1) is 0 Å². The highest BCUT2D eigenvalue weighted by Crippen LogP contribution is 2.32. The van der Waals surface area contributed by atoms with Gasteiger partial charge in [-0.05, 0) is 53.1 Å². The number of carbonyl (C=O) groups excluding carboxylic acids is 2. The van der Waals surface area contributed by atoms with E-state index in [9.17, 15) is 14.7 Å². The lowest BCUT2D eigenvalue weighted by atomic mass is 9.91. The van der Waals surface area contributed by atoms with E-state index in [4.69, 9.17) is 4.74 Å². The number of carbonyl (C=O) groups is 2. The molecule has 1 heterocycles. The number of phenols is 1. The van der Waals surface area contributed by atoms with Gasteiger partial charge in [-0.15, -0.1) is 0 Å². The van der Waals surface area contributed by atoms with Gasteiger partial charge in [-0.3, -0.25) is 14.5 Å². The molecule has 0 aromatic heterocycles. The fraction of sp³-hybridized carbons (Fsp3) is 0.0833. The van der Waals surface area contributed by atoms with Crippen molar-refractivity contribution in [3.63, 3.8) is 0 Å². The summed E-state index contributed by atoms with van der Waals surface area (Å²) in [7, 11) is 1.59. The van der Waals surface area contributed by atoms with Gasteiger partial charge in [0.15, 0.2) is 0 Å². The molecule has 3 aromatic carbocycles. The van der Waals surface area contributed by atoms with Crippen LogP contribution in [0.15, 0.2) is 72.8 Å². The van der Waals surface area contributed by atoms with E-state index < -0.39 is 0 Å². The molecule has 1 aliphatic rings. The molecule has 0 aliphatic carbocycles. The summed E-state index contributed by atoms with van der Waals surface area (Å²) in [4.78, 5) is 27.5. The quantitative estimate of drug-likeness (QED) is 0.542. The van der Waals surface area contributed by atoms with Crippen molar-refractivity contribution in [3.05, 3.63) is 95.1 Å². The standard InChI is InChI=1S/C24H19NO4/c1-29-19-11-9-16(10-12-19)15-25-23(27)21-8-3-2-7-20(21)22(24(25)28)14-17-5-4-6-18(26)13-17/h2-14,26H,15H2,1H3. The van der Waals surface area contributed by atoms with Gasteiger partial charge in [0.1, 0.15) is 11.5 Å². The number of hydrogen-bond donors (Lipinski definition) is 1. The predicted molar refractivity (Wildman–Crippen MR) is 110 cm³/mol. The van der Waals surface area contributed by atoms with Crippen molar-refractivity contribution < 1.29 is 19.4 Å². The van der Waals surface area contributed by atoms with Crippen molar-refractivity contribution >= 4 is 23.5 Å². The fourth-order valence-electron chi connectivity index (χ4n) is 3.38. The maximum absolute atomic E-state index is 13.3. The Morgan fingerprint density at radius 2 is 1.62 bits per heavy atom. The third-order valence-electron chi connectivity index (χ3n) is 4.85.